The van der Waals surface area contributed by atoms with E-state index in [4.69, 9.17) is 0 Å². The molecule has 1 amide bonds. The van der Waals surface area contributed by atoms with Crippen LogP contribution in [0.4, 0.5) is 5.69 Å². The van der Waals surface area contributed by atoms with Crippen molar-refractivity contribution in [3.05, 3.63) is 29.8 Å². The summed E-state index contributed by atoms with van der Waals surface area (Å²) >= 11 is 0. The van der Waals surface area contributed by atoms with Gasteiger partial charge in [0.2, 0.25) is 5.91 Å². The highest BCUT2D eigenvalue weighted by Gasteiger charge is 2.20. The van der Waals surface area contributed by atoms with Crippen molar-refractivity contribution in [3.8, 4) is 0 Å². The summed E-state index contributed by atoms with van der Waals surface area (Å²) in [5, 5.41) is 6.09. The molecule has 1 aromatic carbocycles. The van der Waals surface area contributed by atoms with Gasteiger partial charge in [0.1, 0.15) is 0 Å². The summed E-state index contributed by atoms with van der Waals surface area (Å²) < 4.78 is 0. The Balaban J connectivity index is 3.01. The van der Waals surface area contributed by atoms with E-state index >= 15 is 0 Å². The van der Waals surface area contributed by atoms with Crippen LogP contribution in [0.15, 0.2) is 24.3 Å². The van der Waals surface area contributed by atoms with Crippen LogP contribution < -0.4 is 10.6 Å². The molecule has 0 aliphatic rings. The zero-order chi connectivity index (χ0) is 13.7. The average molecular weight is 249 g/mol. The van der Waals surface area contributed by atoms with Gasteiger partial charge in [-0.2, -0.15) is 0 Å². The Morgan fingerprint density at radius 3 is 2.50 bits per heavy atom. The van der Waals surface area contributed by atoms with Crippen LogP contribution in [0.5, 0.6) is 0 Å². The van der Waals surface area contributed by atoms with Crippen LogP contribution in [0.2, 0.25) is 0 Å². The largest absolute Gasteiger partial charge is 0.326 e. The number of rotatable bonds is 5. The van der Waals surface area contributed by atoms with E-state index in [1.54, 1.807) is 0 Å². The molecule has 1 aromatic rings. The Bertz CT molecular complexity index is 404. The molecule has 0 aromatic heterocycles. The maximum Gasteiger partial charge on any atom is 0.221 e. The molecule has 4 heteroatoms. The average Bonchev–Trinajstić information content (AvgIpc) is 2.28. The Morgan fingerprint density at radius 2 is 2.00 bits per heavy atom. The number of carbonyl (C=O) groups excluding carboxylic acids is 1. The van der Waals surface area contributed by atoms with Crippen molar-refractivity contribution in [3.63, 3.8) is 0 Å². The van der Waals surface area contributed by atoms with Crippen molar-refractivity contribution in [1.29, 1.82) is 0 Å². The predicted molar refractivity (Wildman–Crippen MR) is 75.7 cm³/mol. The van der Waals surface area contributed by atoms with Crippen molar-refractivity contribution >= 4 is 11.6 Å². The van der Waals surface area contributed by atoms with Gasteiger partial charge in [-0.25, -0.2) is 0 Å². The number of benzene rings is 1. The number of hydrogen-bond acceptors (Lipinski definition) is 3. The highest BCUT2D eigenvalue weighted by atomic mass is 16.1. The predicted octanol–water partition coefficient (Wildman–Crippen LogP) is 1.86. The fourth-order valence-corrected chi connectivity index (χ4v) is 2.20. The molecule has 4 nitrogen and oxygen atoms in total. The van der Waals surface area contributed by atoms with Gasteiger partial charge in [0.15, 0.2) is 0 Å². The van der Waals surface area contributed by atoms with Gasteiger partial charge >= 0.3 is 0 Å². The van der Waals surface area contributed by atoms with Crippen LogP contribution in [0.25, 0.3) is 0 Å². The molecule has 2 N–H and O–H groups in total. The summed E-state index contributed by atoms with van der Waals surface area (Å²) in [6.07, 6.45) is 0. The number of nitrogens with one attached hydrogen (secondary N) is 2. The van der Waals surface area contributed by atoms with E-state index in [0.717, 1.165) is 5.69 Å². The molecular weight excluding hydrogens is 226 g/mol. The maximum absolute atomic E-state index is 11.1. The van der Waals surface area contributed by atoms with E-state index in [1.165, 1.54) is 12.5 Å². The number of nitrogens with zero attached hydrogens (tertiary/aromatic N) is 1. The van der Waals surface area contributed by atoms with Gasteiger partial charge in [-0.1, -0.05) is 12.1 Å². The molecule has 0 bridgehead atoms. The van der Waals surface area contributed by atoms with Gasteiger partial charge in [0, 0.05) is 24.7 Å². The zero-order valence-corrected chi connectivity index (χ0v) is 11.8. The number of anilines is 1. The first-order valence-corrected chi connectivity index (χ1v) is 6.17. The van der Waals surface area contributed by atoms with E-state index in [9.17, 15) is 4.79 Å². The molecule has 0 aliphatic heterocycles. The van der Waals surface area contributed by atoms with Crippen molar-refractivity contribution in [2.45, 2.75) is 25.9 Å². The standard InChI is InChI=1S/C14H23N3O/c1-10(15-3)14(17(4)5)12-7-6-8-13(9-12)16-11(2)18/h6-10,14-15H,1-5H3,(H,16,18)/t10-,14+/m0/s1. The lowest BCUT2D eigenvalue weighted by Crippen LogP contribution is -2.37. The molecule has 18 heavy (non-hydrogen) atoms. The first kappa shape index (κ1) is 14.7. The molecule has 0 fully saturated rings. The topological polar surface area (TPSA) is 44.4 Å². The fraction of sp³-hybridized carbons (Fsp3) is 0.500. The summed E-state index contributed by atoms with van der Waals surface area (Å²) in [7, 11) is 6.08. The fourth-order valence-electron chi connectivity index (χ4n) is 2.20. The van der Waals surface area contributed by atoms with Gasteiger partial charge < -0.3 is 15.5 Å². The van der Waals surface area contributed by atoms with Gasteiger partial charge in [0.25, 0.3) is 0 Å². The first-order chi connectivity index (χ1) is 8.45. The molecular formula is C14H23N3O. The molecule has 0 radical (unpaired) electrons. The second kappa shape index (κ2) is 6.52. The second-order valence-corrected chi connectivity index (χ2v) is 4.79. The van der Waals surface area contributed by atoms with Crippen LogP contribution in [-0.4, -0.2) is 38.0 Å². The van der Waals surface area contributed by atoms with E-state index in [0.29, 0.717) is 6.04 Å². The normalized spacial score (nSPS) is 14.3. The minimum atomic E-state index is -0.0461. The van der Waals surface area contributed by atoms with E-state index in [1.807, 2.05) is 25.2 Å². The number of likely N-dealkylation sites (N-methyl/N-ethyl adjacent to an activating group) is 2. The lowest BCUT2D eigenvalue weighted by atomic mass is 9.99. The van der Waals surface area contributed by atoms with Crippen LogP contribution >= 0.6 is 0 Å². The molecule has 100 valence electrons. The molecule has 2 atom stereocenters. The van der Waals surface area contributed by atoms with Gasteiger partial charge in [-0.3, -0.25) is 4.79 Å². The highest BCUT2D eigenvalue weighted by Crippen LogP contribution is 2.24. The quantitative estimate of drug-likeness (QED) is 0.837. The Labute approximate surface area is 109 Å². The summed E-state index contributed by atoms with van der Waals surface area (Å²) in [5.74, 6) is -0.0461. The molecule has 0 unspecified atom stereocenters. The third-order valence-electron chi connectivity index (χ3n) is 3.03. The monoisotopic (exact) mass is 249 g/mol. The maximum atomic E-state index is 11.1. The van der Waals surface area contributed by atoms with Crippen LogP contribution in [0, 0.1) is 0 Å². The van der Waals surface area contributed by atoms with Gasteiger partial charge in [-0.15, -0.1) is 0 Å². The minimum absolute atomic E-state index is 0.0461. The SMILES string of the molecule is CN[C@@H](C)[C@H](c1cccc(NC(C)=O)c1)N(C)C. The lowest BCUT2D eigenvalue weighted by Gasteiger charge is -2.30. The number of hydrogen-bond donors (Lipinski definition) is 2. The second-order valence-electron chi connectivity index (χ2n) is 4.79. The molecule has 0 saturated heterocycles. The summed E-state index contributed by atoms with van der Waals surface area (Å²) in [6.45, 7) is 3.67. The Kier molecular flexibility index (Phi) is 5.31. The molecule has 0 spiro atoms. The molecule has 1 rings (SSSR count). The summed E-state index contributed by atoms with van der Waals surface area (Å²) in [4.78, 5) is 13.3. The minimum Gasteiger partial charge on any atom is -0.326 e. The first-order valence-electron chi connectivity index (χ1n) is 6.17. The molecule has 0 saturated carbocycles. The van der Waals surface area contributed by atoms with E-state index in [2.05, 4.69) is 42.6 Å². The summed E-state index contributed by atoms with van der Waals surface area (Å²) in [5.41, 5.74) is 2.03. The smallest absolute Gasteiger partial charge is 0.221 e. The van der Waals surface area contributed by atoms with E-state index < -0.39 is 0 Å². The van der Waals surface area contributed by atoms with Crippen molar-refractivity contribution in [2.75, 3.05) is 26.5 Å². The van der Waals surface area contributed by atoms with Crippen molar-refractivity contribution in [1.82, 2.24) is 10.2 Å². The zero-order valence-electron chi connectivity index (χ0n) is 11.8. The van der Waals surface area contributed by atoms with Crippen LogP contribution in [0.3, 0.4) is 0 Å². The lowest BCUT2D eigenvalue weighted by molar-refractivity contribution is -0.114. The Morgan fingerprint density at radius 1 is 1.33 bits per heavy atom. The van der Waals surface area contributed by atoms with Crippen LogP contribution in [-0.2, 0) is 4.79 Å². The Hall–Kier alpha value is -1.39. The van der Waals surface area contributed by atoms with Crippen molar-refractivity contribution < 1.29 is 4.79 Å². The number of amides is 1. The molecule has 0 heterocycles. The highest BCUT2D eigenvalue weighted by molar-refractivity contribution is 5.88. The summed E-state index contributed by atoms with van der Waals surface area (Å²) in [6, 6.07) is 8.58. The van der Waals surface area contributed by atoms with E-state index in [-0.39, 0.29) is 11.9 Å². The third kappa shape index (κ3) is 3.82. The third-order valence-corrected chi connectivity index (χ3v) is 3.03. The number of carbonyl (C=O) groups is 1. The van der Waals surface area contributed by atoms with Gasteiger partial charge in [0.05, 0.1) is 0 Å². The van der Waals surface area contributed by atoms with Gasteiger partial charge in [-0.05, 0) is 45.8 Å². The molecule has 0 aliphatic carbocycles. The van der Waals surface area contributed by atoms with Crippen molar-refractivity contribution in [2.24, 2.45) is 0 Å². The van der Waals surface area contributed by atoms with Crippen LogP contribution in [0.1, 0.15) is 25.5 Å².